The average Bonchev–Trinajstić information content (AvgIpc) is 3.17. The van der Waals surface area contributed by atoms with E-state index in [1.807, 2.05) is 0 Å². The van der Waals surface area contributed by atoms with Gasteiger partial charge in [-0.1, -0.05) is 0 Å². The van der Waals surface area contributed by atoms with Gasteiger partial charge in [-0.2, -0.15) is 0 Å². The van der Waals surface area contributed by atoms with Crippen LogP contribution in [0.3, 0.4) is 0 Å². The smallest absolute Gasteiger partial charge is 0.305 e. The van der Waals surface area contributed by atoms with E-state index in [0.29, 0.717) is 0 Å². The molecule has 0 unspecified atom stereocenters. The van der Waals surface area contributed by atoms with Crippen LogP contribution in [-0.2, 0) is 4.79 Å². The van der Waals surface area contributed by atoms with Crippen molar-refractivity contribution in [2.24, 2.45) is 0 Å². The van der Waals surface area contributed by atoms with Gasteiger partial charge in [-0.15, -0.1) is 0 Å². The summed E-state index contributed by atoms with van der Waals surface area (Å²) in [5.74, 6) is -1.52. The summed E-state index contributed by atoms with van der Waals surface area (Å²) in [6, 6.07) is 2.37. The standard InChI is InChI=1S/C12H12FIN2O4/c13-8-5-10(11(16(19)20)6-9(8)14)15(7-1-2-7)4-3-12(17)18/h5-7H,1-4H2,(H,17,18). The van der Waals surface area contributed by atoms with Crippen LogP contribution in [0.2, 0.25) is 0 Å². The van der Waals surface area contributed by atoms with Crippen LogP contribution in [0.5, 0.6) is 0 Å². The molecule has 0 saturated heterocycles. The van der Waals surface area contributed by atoms with Crippen molar-refractivity contribution in [3.8, 4) is 0 Å². The molecular formula is C12H12FIN2O4. The predicted octanol–water partition coefficient (Wildman–Crippen LogP) is 2.78. The van der Waals surface area contributed by atoms with Crippen molar-refractivity contribution in [2.75, 3.05) is 11.4 Å². The van der Waals surface area contributed by atoms with Crippen molar-refractivity contribution in [1.29, 1.82) is 0 Å². The first kappa shape index (κ1) is 14.9. The van der Waals surface area contributed by atoms with E-state index in [-0.39, 0.29) is 34.0 Å². The molecule has 1 aromatic carbocycles. The topological polar surface area (TPSA) is 83.7 Å². The zero-order chi connectivity index (χ0) is 14.9. The van der Waals surface area contributed by atoms with Crippen LogP contribution in [0.15, 0.2) is 12.1 Å². The zero-order valence-corrected chi connectivity index (χ0v) is 12.5. The number of carbonyl (C=O) groups is 1. The molecule has 8 heteroatoms. The summed E-state index contributed by atoms with van der Waals surface area (Å²) < 4.78 is 13.9. The fraction of sp³-hybridized carbons (Fsp3) is 0.417. The number of rotatable bonds is 6. The Labute approximate surface area is 127 Å². The van der Waals surface area contributed by atoms with Crippen molar-refractivity contribution < 1.29 is 19.2 Å². The minimum Gasteiger partial charge on any atom is -0.481 e. The predicted molar refractivity (Wildman–Crippen MR) is 78.4 cm³/mol. The summed E-state index contributed by atoms with van der Waals surface area (Å²) in [4.78, 5) is 22.9. The third-order valence-electron chi connectivity index (χ3n) is 3.08. The number of carboxylic acid groups (broad SMARTS) is 1. The van der Waals surface area contributed by atoms with Gasteiger partial charge in [0.25, 0.3) is 5.69 Å². The van der Waals surface area contributed by atoms with Gasteiger partial charge in [-0.25, -0.2) is 4.39 Å². The highest BCUT2D eigenvalue weighted by molar-refractivity contribution is 14.1. The van der Waals surface area contributed by atoms with E-state index < -0.39 is 16.7 Å². The summed E-state index contributed by atoms with van der Waals surface area (Å²) in [5, 5.41) is 19.9. The highest BCUT2D eigenvalue weighted by atomic mass is 127. The minimum absolute atomic E-state index is 0.0625. The van der Waals surface area contributed by atoms with Crippen LogP contribution in [0, 0.1) is 19.5 Å². The lowest BCUT2D eigenvalue weighted by atomic mass is 10.2. The van der Waals surface area contributed by atoms with Gasteiger partial charge in [0, 0.05) is 24.7 Å². The number of hydrogen-bond acceptors (Lipinski definition) is 4. The van der Waals surface area contributed by atoms with Crippen LogP contribution < -0.4 is 4.90 Å². The lowest BCUT2D eigenvalue weighted by Crippen LogP contribution is -2.29. The van der Waals surface area contributed by atoms with Gasteiger partial charge in [0.15, 0.2) is 0 Å². The number of aliphatic carboxylic acids is 1. The number of nitro groups is 1. The van der Waals surface area contributed by atoms with Crippen LogP contribution >= 0.6 is 22.6 Å². The number of nitrogens with zero attached hydrogens (tertiary/aromatic N) is 2. The molecule has 1 aromatic rings. The Morgan fingerprint density at radius 1 is 1.55 bits per heavy atom. The lowest BCUT2D eigenvalue weighted by molar-refractivity contribution is -0.384. The van der Waals surface area contributed by atoms with E-state index in [9.17, 15) is 19.3 Å². The monoisotopic (exact) mass is 394 g/mol. The second-order valence-electron chi connectivity index (χ2n) is 4.58. The molecule has 1 saturated carbocycles. The number of benzene rings is 1. The molecule has 20 heavy (non-hydrogen) atoms. The van der Waals surface area contributed by atoms with E-state index in [1.54, 1.807) is 27.5 Å². The first-order valence-electron chi connectivity index (χ1n) is 6.02. The van der Waals surface area contributed by atoms with E-state index in [2.05, 4.69) is 0 Å². The van der Waals surface area contributed by atoms with Crippen LogP contribution in [0.25, 0.3) is 0 Å². The largest absolute Gasteiger partial charge is 0.481 e. The maximum absolute atomic E-state index is 13.7. The normalized spacial score (nSPS) is 14.1. The molecule has 1 fully saturated rings. The van der Waals surface area contributed by atoms with Crippen LogP contribution in [-0.4, -0.2) is 28.6 Å². The second kappa shape index (κ2) is 5.90. The van der Waals surface area contributed by atoms with Gasteiger partial charge >= 0.3 is 5.97 Å². The second-order valence-corrected chi connectivity index (χ2v) is 5.74. The Morgan fingerprint density at radius 2 is 2.20 bits per heavy atom. The lowest BCUT2D eigenvalue weighted by Gasteiger charge is -2.23. The Balaban J connectivity index is 2.38. The third kappa shape index (κ3) is 3.35. The molecule has 0 atom stereocenters. The van der Waals surface area contributed by atoms with Crippen molar-refractivity contribution in [3.63, 3.8) is 0 Å². The molecule has 1 N–H and O–H groups in total. The number of hydrogen-bond donors (Lipinski definition) is 1. The number of carboxylic acids is 1. The van der Waals surface area contributed by atoms with E-state index in [1.165, 1.54) is 6.07 Å². The maximum atomic E-state index is 13.7. The SMILES string of the molecule is O=C(O)CCN(c1cc(F)c(I)cc1[N+](=O)[O-])C1CC1. The molecule has 0 radical (unpaired) electrons. The molecule has 2 rings (SSSR count). The van der Waals surface area contributed by atoms with Crippen molar-refractivity contribution in [1.82, 2.24) is 0 Å². The first-order chi connectivity index (χ1) is 9.40. The molecular weight excluding hydrogens is 382 g/mol. The summed E-state index contributed by atoms with van der Waals surface area (Å²) >= 11 is 1.70. The van der Waals surface area contributed by atoms with Crippen LogP contribution in [0.4, 0.5) is 15.8 Å². The van der Waals surface area contributed by atoms with E-state index >= 15 is 0 Å². The molecule has 0 spiro atoms. The molecule has 0 aliphatic heterocycles. The number of nitro benzene ring substituents is 1. The summed E-state index contributed by atoms with van der Waals surface area (Å²) in [6.45, 7) is 0.140. The molecule has 1 aliphatic carbocycles. The molecule has 1 aliphatic rings. The fourth-order valence-corrected chi connectivity index (χ4v) is 2.45. The highest BCUT2D eigenvalue weighted by Crippen LogP contribution is 2.38. The Bertz CT molecular complexity index is 563. The van der Waals surface area contributed by atoms with Gasteiger partial charge in [0.2, 0.25) is 0 Å². The molecule has 6 nitrogen and oxygen atoms in total. The van der Waals surface area contributed by atoms with Crippen LogP contribution in [0.1, 0.15) is 19.3 Å². The Kier molecular flexibility index (Phi) is 4.41. The van der Waals surface area contributed by atoms with Crippen molar-refractivity contribution in [3.05, 3.63) is 31.6 Å². The van der Waals surface area contributed by atoms with Gasteiger partial charge < -0.3 is 10.0 Å². The van der Waals surface area contributed by atoms with E-state index in [4.69, 9.17) is 5.11 Å². The van der Waals surface area contributed by atoms with Gasteiger partial charge in [-0.05, 0) is 35.4 Å². The first-order valence-corrected chi connectivity index (χ1v) is 7.10. The van der Waals surface area contributed by atoms with Gasteiger partial charge in [0.05, 0.1) is 14.9 Å². The maximum Gasteiger partial charge on any atom is 0.305 e. The van der Waals surface area contributed by atoms with Crippen molar-refractivity contribution >= 4 is 39.9 Å². The van der Waals surface area contributed by atoms with E-state index in [0.717, 1.165) is 18.9 Å². The average molecular weight is 394 g/mol. The van der Waals surface area contributed by atoms with Crippen molar-refractivity contribution in [2.45, 2.75) is 25.3 Å². The highest BCUT2D eigenvalue weighted by Gasteiger charge is 2.33. The van der Waals surface area contributed by atoms with Gasteiger partial charge in [-0.3, -0.25) is 14.9 Å². The number of anilines is 1. The molecule has 0 heterocycles. The zero-order valence-electron chi connectivity index (χ0n) is 10.4. The quantitative estimate of drug-likeness (QED) is 0.456. The molecule has 0 aromatic heterocycles. The third-order valence-corrected chi connectivity index (χ3v) is 3.90. The summed E-state index contributed by atoms with van der Waals surface area (Å²) in [6.07, 6.45) is 1.54. The Morgan fingerprint density at radius 3 is 2.70 bits per heavy atom. The molecule has 108 valence electrons. The summed E-state index contributed by atoms with van der Waals surface area (Å²) in [7, 11) is 0. The fourth-order valence-electron chi connectivity index (χ4n) is 2.00. The Hall–Kier alpha value is -1.45. The molecule has 0 amide bonds. The summed E-state index contributed by atoms with van der Waals surface area (Å²) in [5.41, 5.74) is -0.0234. The molecule has 0 bridgehead atoms. The number of halogens is 2. The van der Waals surface area contributed by atoms with Gasteiger partial charge in [0.1, 0.15) is 11.5 Å². The minimum atomic E-state index is -0.982.